The number of benzene rings is 1. The van der Waals surface area contributed by atoms with Gasteiger partial charge in [0.25, 0.3) is 5.91 Å². The molecule has 0 spiro atoms. The minimum absolute atomic E-state index is 0.129. The van der Waals surface area contributed by atoms with Crippen molar-refractivity contribution < 1.29 is 27.6 Å². The number of hydrogen-bond acceptors (Lipinski definition) is 5. The number of rotatable bonds is 5. The van der Waals surface area contributed by atoms with Crippen molar-refractivity contribution in [3.05, 3.63) is 34.9 Å². The molecule has 7 nitrogen and oxygen atoms in total. The first-order chi connectivity index (χ1) is 15.1. The average molecular weight is 452 g/mol. The van der Waals surface area contributed by atoms with E-state index in [4.69, 9.17) is 5.73 Å². The van der Waals surface area contributed by atoms with Crippen molar-refractivity contribution in [2.75, 3.05) is 6.54 Å². The fourth-order valence-corrected chi connectivity index (χ4v) is 4.92. The highest BCUT2D eigenvalue weighted by Gasteiger charge is 2.40. The summed E-state index contributed by atoms with van der Waals surface area (Å²) in [5.74, 6) is -1.04. The van der Waals surface area contributed by atoms with E-state index in [1.54, 1.807) is 6.07 Å². The van der Waals surface area contributed by atoms with E-state index < -0.39 is 24.2 Å². The minimum Gasteiger partial charge on any atom is -0.322 e. The second-order valence-electron chi connectivity index (χ2n) is 8.90. The molecule has 1 aromatic carbocycles. The van der Waals surface area contributed by atoms with Gasteiger partial charge in [-0.25, -0.2) is 0 Å². The zero-order chi connectivity index (χ0) is 23.0. The molecule has 3 aliphatic rings. The van der Waals surface area contributed by atoms with Gasteiger partial charge in [0.05, 0.1) is 0 Å². The third kappa shape index (κ3) is 4.66. The first-order valence-electron chi connectivity index (χ1n) is 11.0. The van der Waals surface area contributed by atoms with Gasteiger partial charge in [0.1, 0.15) is 12.1 Å². The molecule has 3 amide bonds. The number of carbonyl (C=O) groups excluding carboxylic acids is 3. The molecule has 3 heterocycles. The number of nitrogens with two attached hydrogens (primary N) is 1. The van der Waals surface area contributed by atoms with Crippen LogP contribution in [0.3, 0.4) is 0 Å². The Bertz CT molecular complexity index is 920. The Morgan fingerprint density at radius 3 is 2.66 bits per heavy atom. The molecule has 32 heavy (non-hydrogen) atoms. The quantitative estimate of drug-likeness (QED) is 0.667. The zero-order valence-corrected chi connectivity index (χ0v) is 17.7. The lowest BCUT2D eigenvalue weighted by Gasteiger charge is -2.37. The van der Waals surface area contributed by atoms with Crippen LogP contribution >= 0.6 is 0 Å². The Hall–Kier alpha value is -2.46. The predicted molar refractivity (Wildman–Crippen MR) is 109 cm³/mol. The molecule has 2 saturated heterocycles. The van der Waals surface area contributed by atoms with Crippen LogP contribution < -0.4 is 11.1 Å². The van der Waals surface area contributed by atoms with Gasteiger partial charge in [-0.3, -0.25) is 24.6 Å². The van der Waals surface area contributed by atoms with Gasteiger partial charge in [-0.15, -0.1) is 0 Å². The van der Waals surface area contributed by atoms with Crippen LogP contribution in [-0.2, 0) is 22.7 Å². The van der Waals surface area contributed by atoms with Gasteiger partial charge in [0.2, 0.25) is 11.8 Å². The lowest BCUT2D eigenvalue weighted by molar-refractivity contribution is -0.152. The van der Waals surface area contributed by atoms with E-state index >= 15 is 0 Å². The highest BCUT2D eigenvalue weighted by molar-refractivity contribution is 6.05. The van der Waals surface area contributed by atoms with Crippen LogP contribution in [0.25, 0.3) is 0 Å². The van der Waals surface area contributed by atoms with Crippen molar-refractivity contribution in [3.63, 3.8) is 0 Å². The second kappa shape index (κ2) is 8.82. The van der Waals surface area contributed by atoms with E-state index in [9.17, 15) is 27.6 Å². The maximum absolute atomic E-state index is 13.0. The largest absolute Gasteiger partial charge is 0.403 e. The molecular formula is C22H27F3N4O3. The summed E-state index contributed by atoms with van der Waals surface area (Å²) in [6.07, 6.45) is -1.57. The molecule has 0 aromatic heterocycles. The van der Waals surface area contributed by atoms with Crippen molar-refractivity contribution in [2.24, 2.45) is 5.73 Å². The van der Waals surface area contributed by atoms with Crippen molar-refractivity contribution in [1.82, 2.24) is 15.1 Å². The Labute approximate surface area is 184 Å². The molecule has 3 atom stereocenters. The number of carbonyl (C=O) groups is 3. The summed E-state index contributed by atoms with van der Waals surface area (Å²) in [5.41, 5.74) is 7.61. The number of hydrogen-bond donors (Lipinski definition) is 2. The van der Waals surface area contributed by atoms with Gasteiger partial charge >= 0.3 is 6.18 Å². The van der Waals surface area contributed by atoms with Crippen molar-refractivity contribution in [1.29, 1.82) is 0 Å². The number of nitrogens with zero attached hydrogens (tertiary/aromatic N) is 2. The highest BCUT2D eigenvalue weighted by Crippen LogP contribution is 2.31. The fourth-order valence-electron chi connectivity index (χ4n) is 4.92. The number of likely N-dealkylation sites (tertiary alicyclic amines) is 1. The lowest BCUT2D eigenvalue weighted by atomic mass is 9.95. The summed E-state index contributed by atoms with van der Waals surface area (Å²) >= 11 is 0. The average Bonchev–Trinajstić information content (AvgIpc) is 3.04. The smallest absolute Gasteiger partial charge is 0.322 e. The molecule has 3 N–H and O–H groups in total. The van der Waals surface area contributed by atoms with Crippen molar-refractivity contribution in [2.45, 2.75) is 75.9 Å². The summed E-state index contributed by atoms with van der Waals surface area (Å²) < 4.78 is 38.9. The molecule has 0 radical (unpaired) electrons. The van der Waals surface area contributed by atoms with Crippen LogP contribution in [0.2, 0.25) is 0 Å². The molecule has 0 bridgehead atoms. The third-order valence-corrected chi connectivity index (χ3v) is 6.67. The maximum Gasteiger partial charge on any atom is 0.403 e. The van der Waals surface area contributed by atoms with E-state index in [1.165, 1.54) is 4.90 Å². The Morgan fingerprint density at radius 2 is 1.94 bits per heavy atom. The third-order valence-electron chi connectivity index (χ3n) is 6.67. The topological polar surface area (TPSA) is 95.7 Å². The number of halogens is 3. The Morgan fingerprint density at radius 1 is 1.16 bits per heavy atom. The standard InChI is InChI=1S/C22H27F3N4O3/c23-22(24,25)18(26)10-15-3-1-2-8-28(15)11-13-4-5-16-14(9-13)12-29(21(16)32)17-6-7-19(30)27-20(17)31/h4-5,9,15,17-18H,1-3,6-8,10-12,26H2,(H,27,30,31). The molecule has 3 aliphatic heterocycles. The number of fused-ring (bicyclic) bond motifs is 1. The Kier molecular flexibility index (Phi) is 6.26. The van der Waals surface area contributed by atoms with Crippen molar-refractivity contribution >= 4 is 17.7 Å². The number of alkyl halides is 3. The van der Waals surface area contributed by atoms with Gasteiger partial charge in [0.15, 0.2) is 0 Å². The van der Waals surface area contributed by atoms with Crippen molar-refractivity contribution in [3.8, 4) is 0 Å². The molecule has 3 unspecified atom stereocenters. The van der Waals surface area contributed by atoms with Gasteiger partial charge in [-0.2, -0.15) is 13.2 Å². The lowest BCUT2D eigenvalue weighted by Crippen LogP contribution is -2.52. The van der Waals surface area contributed by atoms with E-state index in [-0.39, 0.29) is 37.2 Å². The summed E-state index contributed by atoms with van der Waals surface area (Å²) in [5, 5.41) is 2.28. The summed E-state index contributed by atoms with van der Waals surface area (Å²) in [4.78, 5) is 40.0. The van der Waals surface area contributed by atoms with Crippen LogP contribution in [0.15, 0.2) is 18.2 Å². The zero-order valence-electron chi connectivity index (χ0n) is 17.7. The number of amides is 3. The molecule has 10 heteroatoms. The van der Waals surface area contributed by atoms with Crippen LogP contribution in [0.1, 0.15) is 60.0 Å². The molecule has 0 aliphatic carbocycles. The molecule has 0 saturated carbocycles. The van der Waals surface area contributed by atoms with Crippen LogP contribution in [0.5, 0.6) is 0 Å². The molecular weight excluding hydrogens is 425 g/mol. The van der Waals surface area contributed by atoms with Crippen LogP contribution in [-0.4, -0.2) is 58.4 Å². The SMILES string of the molecule is NC(CC1CCCCN1Cc1ccc2c(c1)CN(C1CCC(=O)NC1=O)C2=O)C(F)(F)F. The molecule has 2 fully saturated rings. The van der Waals surface area contributed by atoms with Crippen LogP contribution in [0, 0.1) is 0 Å². The summed E-state index contributed by atoms with van der Waals surface area (Å²) in [6.45, 7) is 1.46. The van der Waals surface area contributed by atoms with Crippen LogP contribution in [0.4, 0.5) is 13.2 Å². The molecule has 1 aromatic rings. The monoisotopic (exact) mass is 452 g/mol. The summed E-state index contributed by atoms with van der Waals surface area (Å²) in [7, 11) is 0. The minimum atomic E-state index is -4.41. The maximum atomic E-state index is 13.0. The van der Waals surface area contributed by atoms with Gasteiger partial charge < -0.3 is 10.6 Å². The first kappa shape index (κ1) is 22.7. The fraction of sp³-hybridized carbons (Fsp3) is 0.591. The normalized spacial score (nSPS) is 25.6. The Balaban J connectivity index is 1.45. The van der Waals surface area contributed by atoms with E-state index in [0.717, 1.165) is 24.0 Å². The molecule has 4 rings (SSSR count). The van der Waals surface area contributed by atoms with Gasteiger partial charge in [0, 0.05) is 31.1 Å². The van der Waals surface area contributed by atoms with E-state index in [1.807, 2.05) is 17.0 Å². The van der Waals surface area contributed by atoms with E-state index in [0.29, 0.717) is 31.5 Å². The highest BCUT2D eigenvalue weighted by atomic mass is 19.4. The summed E-state index contributed by atoms with van der Waals surface area (Å²) in [6, 6.07) is 2.68. The number of nitrogens with one attached hydrogen (secondary N) is 1. The number of piperidine rings is 2. The van der Waals surface area contributed by atoms with Gasteiger partial charge in [-0.05, 0) is 49.4 Å². The first-order valence-corrected chi connectivity index (χ1v) is 11.0. The predicted octanol–water partition coefficient (Wildman–Crippen LogP) is 2.08. The number of imide groups is 1. The molecule has 174 valence electrons. The van der Waals surface area contributed by atoms with E-state index in [2.05, 4.69) is 5.32 Å². The second-order valence-corrected chi connectivity index (χ2v) is 8.90. The van der Waals surface area contributed by atoms with Gasteiger partial charge in [-0.1, -0.05) is 18.6 Å².